The van der Waals surface area contributed by atoms with E-state index in [4.69, 9.17) is 9.15 Å². The van der Waals surface area contributed by atoms with Gasteiger partial charge in [0.2, 0.25) is 5.89 Å². The summed E-state index contributed by atoms with van der Waals surface area (Å²) in [5, 5.41) is 7.69. The Kier molecular flexibility index (Phi) is 4.38. The molecule has 130 valence electrons. The number of aromatic nitrogens is 3. The lowest BCUT2D eigenvalue weighted by atomic mass is 10.2. The summed E-state index contributed by atoms with van der Waals surface area (Å²) in [6, 6.07) is 17.5. The Morgan fingerprint density at radius 1 is 1.08 bits per heavy atom. The van der Waals surface area contributed by atoms with Crippen LogP contribution in [0.2, 0.25) is 0 Å². The van der Waals surface area contributed by atoms with Crippen molar-refractivity contribution in [2.75, 3.05) is 12.4 Å². The quantitative estimate of drug-likeness (QED) is 0.568. The van der Waals surface area contributed by atoms with Crippen molar-refractivity contribution in [1.29, 1.82) is 0 Å². The molecule has 0 fully saturated rings. The first-order chi connectivity index (χ1) is 12.8. The molecule has 0 spiro atoms. The third-order valence-electron chi connectivity index (χ3n) is 4.00. The highest BCUT2D eigenvalue weighted by Crippen LogP contribution is 2.29. The van der Waals surface area contributed by atoms with Crippen LogP contribution < -0.4 is 10.1 Å². The van der Waals surface area contributed by atoms with E-state index in [-0.39, 0.29) is 0 Å². The van der Waals surface area contributed by atoms with Gasteiger partial charge in [0.25, 0.3) is 0 Å². The maximum absolute atomic E-state index is 5.64. The second-order valence-corrected chi connectivity index (χ2v) is 5.67. The van der Waals surface area contributed by atoms with Crippen molar-refractivity contribution < 1.29 is 9.15 Å². The summed E-state index contributed by atoms with van der Waals surface area (Å²) in [6.07, 6.45) is 5.33. The minimum absolute atomic E-state index is 0.539. The Balaban J connectivity index is 1.53. The number of methoxy groups -OCH3 is 1. The van der Waals surface area contributed by atoms with Crippen LogP contribution in [0.3, 0.4) is 0 Å². The van der Waals surface area contributed by atoms with E-state index in [9.17, 15) is 0 Å². The van der Waals surface area contributed by atoms with Crippen LogP contribution in [0.4, 0.5) is 5.69 Å². The van der Waals surface area contributed by atoms with Crippen molar-refractivity contribution in [2.45, 2.75) is 6.54 Å². The summed E-state index contributed by atoms with van der Waals surface area (Å²) < 4.78 is 12.8. The highest BCUT2D eigenvalue weighted by atomic mass is 16.5. The molecular weight excluding hydrogens is 328 g/mol. The van der Waals surface area contributed by atoms with Gasteiger partial charge in [-0.25, -0.2) is 9.67 Å². The highest BCUT2D eigenvalue weighted by molar-refractivity contribution is 5.63. The van der Waals surface area contributed by atoms with E-state index in [1.807, 2.05) is 65.5 Å². The normalized spacial score (nSPS) is 10.7. The molecule has 0 amide bonds. The van der Waals surface area contributed by atoms with E-state index in [1.54, 1.807) is 19.6 Å². The fourth-order valence-corrected chi connectivity index (χ4v) is 2.75. The number of oxazole rings is 1. The molecule has 0 aliphatic heterocycles. The van der Waals surface area contributed by atoms with Gasteiger partial charge < -0.3 is 14.5 Å². The topological polar surface area (TPSA) is 65.1 Å². The second kappa shape index (κ2) is 7.14. The monoisotopic (exact) mass is 346 g/mol. The van der Waals surface area contributed by atoms with Gasteiger partial charge in [-0.3, -0.25) is 0 Å². The Labute approximate surface area is 151 Å². The minimum atomic E-state index is 0.539. The summed E-state index contributed by atoms with van der Waals surface area (Å²) in [6.45, 7) is 0.539. The van der Waals surface area contributed by atoms with Gasteiger partial charge in [-0.05, 0) is 30.3 Å². The number of nitrogens with zero attached hydrogens (tertiary/aromatic N) is 3. The molecule has 0 atom stereocenters. The van der Waals surface area contributed by atoms with Crippen LogP contribution in [-0.4, -0.2) is 21.9 Å². The number of anilines is 1. The van der Waals surface area contributed by atoms with Crippen LogP contribution in [0.25, 0.3) is 17.1 Å². The molecule has 2 heterocycles. The maximum atomic E-state index is 5.64. The van der Waals surface area contributed by atoms with E-state index in [0.29, 0.717) is 12.4 Å². The standard InChI is InChI=1S/C20H18N4O2/c1-25-19-10-5-2-7-16(19)20-23-15(14-26-20)13-21-17-8-3-4-9-18(17)24-12-6-11-22-24/h2-12,14,21H,13H2,1H3. The first kappa shape index (κ1) is 16.0. The van der Waals surface area contributed by atoms with Crippen LogP contribution in [0.1, 0.15) is 5.69 Å². The maximum Gasteiger partial charge on any atom is 0.229 e. The third-order valence-corrected chi connectivity index (χ3v) is 4.00. The van der Waals surface area contributed by atoms with Gasteiger partial charge >= 0.3 is 0 Å². The van der Waals surface area contributed by atoms with Gasteiger partial charge in [0.1, 0.15) is 12.0 Å². The number of para-hydroxylation sites is 3. The lowest BCUT2D eigenvalue weighted by molar-refractivity contribution is 0.414. The number of hydrogen-bond acceptors (Lipinski definition) is 5. The minimum Gasteiger partial charge on any atom is -0.496 e. The first-order valence-corrected chi connectivity index (χ1v) is 8.26. The molecule has 2 aromatic carbocycles. The van der Waals surface area contributed by atoms with Crippen molar-refractivity contribution >= 4 is 5.69 Å². The van der Waals surface area contributed by atoms with Gasteiger partial charge in [0.05, 0.1) is 36.3 Å². The third kappa shape index (κ3) is 3.17. The Hall–Kier alpha value is -3.54. The fourth-order valence-electron chi connectivity index (χ4n) is 2.75. The molecule has 0 saturated carbocycles. The molecule has 4 aromatic rings. The van der Waals surface area contributed by atoms with E-state index < -0.39 is 0 Å². The molecular formula is C20H18N4O2. The first-order valence-electron chi connectivity index (χ1n) is 8.26. The SMILES string of the molecule is COc1ccccc1-c1nc(CNc2ccccc2-n2cccn2)co1. The highest BCUT2D eigenvalue weighted by Gasteiger charge is 2.12. The average Bonchev–Trinajstić information content (AvgIpc) is 3.38. The molecule has 0 saturated heterocycles. The zero-order chi connectivity index (χ0) is 17.8. The zero-order valence-corrected chi connectivity index (χ0v) is 14.3. The number of ether oxygens (including phenoxy) is 1. The summed E-state index contributed by atoms with van der Waals surface area (Å²) in [5.74, 6) is 1.28. The predicted octanol–water partition coefficient (Wildman–Crippen LogP) is 4.15. The molecule has 6 heteroatoms. The van der Waals surface area contributed by atoms with Gasteiger partial charge in [-0.2, -0.15) is 5.10 Å². The molecule has 6 nitrogen and oxygen atoms in total. The predicted molar refractivity (Wildman–Crippen MR) is 99.4 cm³/mol. The number of benzene rings is 2. The van der Waals surface area contributed by atoms with Crippen molar-refractivity contribution in [2.24, 2.45) is 0 Å². The molecule has 1 N–H and O–H groups in total. The lowest BCUT2D eigenvalue weighted by Crippen LogP contribution is -2.05. The van der Waals surface area contributed by atoms with Crippen molar-refractivity contribution in [3.63, 3.8) is 0 Å². The van der Waals surface area contributed by atoms with Crippen LogP contribution in [-0.2, 0) is 6.54 Å². The summed E-state index contributed by atoms with van der Waals surface area (Å²) in [7, 11) is 1.64. The Morgan fingerprint density at radius 3 is 2.77 bits per heavy atom. The molecule has 2 aromatic heterocycles. The summed E-state index contributed by atoms with van der Waals surface area (Å²) in [4.78, 5) is 4.56. The van der Waals surface area contributed by atoms with Crippen molar-refractivity contribution in [3.05, 3.63) is 78.9 Å². The van der Waals surface area contributed by atoms with Gasteiger partial charge in [0.15, 0.2) is 0 Å². The molecule has 0 radical (unpaired) electrons. The van der Waals surface area contributed by atoms with Crippen LogP contribution in [0.15, 0.2) is 77.7 Å². The van der Waals surface area contributed by atoms with E-state index in [2.05, 4.69) is 15.4 Å². The number of nitrogens with one attached hydrogen (secondary N) is 1. The van der Waals surface area contributed by atoms with Crippen LogP contribution in [0.5, 0.6) is 5.75 Å². The molecule has 0 unspecified atom stereocenters. The molecule has 4 rings (SSSR count). The van der Waals surface area contributed by atoms with Gasteiger partial charge in [-0.1, -0.05) is 24.3 Å². The fraction of sp³-hybridized carbons (Fsp3) is 0.100. The Morgan fingerprint density at radius 2 is 1.92 bits per heavy atom. The van der Waals surface area contributed by atoms with E-state index in [0.717, 1.165) is 28.4 Å². The second-order valence-electron chi connectivity index (χ2n) is 5.67. The van der Waals surface area contributed by atoms with Crippen molar-refractivity contribution in [1.82, 2.24) is 14.8 Å². The van der Waals surface area contributed by atoms with E-state index >= 15 is 0 Å². The zero-order valence-electron chi connectivity index (χ0n) is 14.3. The molecule has 0 bridgehead atoms. The average molecular weight is 346 g/mol. The Bertz CT molecular complexity index is 992. The largest absolute Gasteiger partial charge is 0.496 e. The van der Waals surface area contributed by atoms with Gasteiger partial charge in [-0.15, -0.1) is 0 Å². The number of hydrogen-bond donors (Lipinski definition) is 1. The lowest BCUT2D eigenvalue weighted by Gasteiger charge is -2.10. The summed E-state index contributed by atoms with van der Waals surface area (Å²) >= 11 is 0. The molecule has 0 aliphatic rings. The van der Waals surface area contributed by atoms with Crippen LogP contribution >= 0.6 is 0 Å². The van der Waals surface area contributed by atoms with Gasteiger partial charge in [0, 0.05) is 12.4 Å². The number of rotatable bonds is 6. The van der Waals surface area contributed by atoms with E-state index in [1.165, 1.54) is 0 Å². The summed E-state index contributed by atoms with van der Waals surface area (Å²) in [5.41, 5.74) is 3.59. The van der Waals surface area contributed by atoms with Crippen LogP contribution in [0, 0.1) is 0 Å². The van der Waals surface area contributed by atoms with Crippen molar-refractivity contribution in [3.8, 4) is 22.9 Å². The smallest absolute Gasteiger partial charge is 0.229 e. The molecule has 0 aliphatic carbocycles. The molecule has 26 heavy (non-hydrogen) atoms.